The van der Waals surface area contributed by atoms with Crippen molar-refractivity contribution in [2.24, 2.45) is 12.0 Å². The highest BCUT2D eigenvalue weighted by Crippen LogP contribution is 2.40. The van der Waals surface area contributed by atoms with Crippen LogP contribution in [0.2, 0.25) is 0 Å². The molecule has 1 saturated heterocycles. The van der Waals surface area contributed by atoms with Crippen molar-refractivity contribution in [3.05, 3.63) is 30.4 Å². The smallest absolute Gasteiger partial charge is 0.374 e. The fourth-order valence-electron chi connectivity index (χ4n) is 3.60. The molecule has 7 nitrogen and oxygen atoms in total. The summed E-state index contributed by atoms with van der Waals surface area (Å²) in [4.78, 5) is 10.3. The van der Waals surface area contributed by atoms with Crippen molar-refractivity contribution >= 4 is 29.9 Å². The van der Waals surface area contributed by atoms with Crippen molar-refractivity contribution in [1.29, 1.82) is 0 Å². The predicted octanol–water partition coefficient (Wildman–Crippen LogP) is 2.77. The molecule has 0 aliphatic carbocycles. The van der Waals surface area contributed by atoms with E-state index >= 15 is 0 Å². The molecule has 1 fully saturated rings. The van der Waals surface area contributed by atoms with Crippen LogP contribution in [0.4, 0.5) is 13.2 Å². The number of likely N-dealkylation sites (tertiary alicyclic amines) is 1. The lowest BCUT2D eigenvalue weighted by Crippen LogP contribution is -2.49. The maximum Gasteiger partial charge on any atom is 0.424 e. The van der Waals surface area contributed by atoms with E-state index in [0.717, 1.165) is 38.0 Å². The summed E-state index contributed by atoms with van der Waals surface area (Å²) >= 11 is 0. The number of nitrogens with one attached hydrogen (secondary N) is 2. The van der Waals surface area contributed by atoms with E-state index in [1.807, 2.05) is 13.8 Å². The Morgan fingerprint density at radius 1 is 1.35 bits per heavy atom. The number of alkyl halides is 3. The van der Waals surface area contributed by atoms with Crippen LogP contribution in [-0.2, 0) is 12.6 Å². The van der Waals surface area contributed by atoms with Crippen molar-refractivity contribution < 1.29 is 18.3 Å². The highest BCUT2D eigenvalue weighted by Gasteiger charge is 2.57. The fraction of sp³-hybridized carbons (Fsp3) is 0.700. The first-order valence-electron chi connectivity index (χ1n) is 10.2. The monoisotopic (exact) mass is 558 g/mol. The van der Waals surface area contributed by atoms with E-state index in [1.165, 1.54) is 24.0 Å². The van der Waals surface area contributed by atoms with Crippen LogP contribution in [0.5, 0.6) is 0 Å². The molecule has 0 amide bonds. The number of rotatable bonds is 8. The largest absolute Gasteiger partial charge is 0.424 e. The molecule has 1 unspecified atom stereocenters. The van der Waals surface area contributed by atoms with Gasteiger partial charge in [-0.2, -0.15) is 13.2 Å². The number of hydrogen-bond acceptors (Lipinski definition) is 4. The Morgan fingerprint density at radius 3 is 2.48 bits per heavy atom. The molecule has 0 spiro atoms. The summed E-state index contributed by atoms with van der Waals surface area (Å²) in [7, 11) is 1.42. The lowest BCUT2D eigenvalue weighted by atomic mass is 9.98. The van der Waals surface area contributed by atoms with Gasteiger partial charge >= 0.3 is 6.18 Å². The van der Waals surface area contributed by atoms with Gasteiger partial charge in [-0.3, -0.25) is 9.89 Å². The Kier molecular flexibility index (Phi) is 10.8. The summed E-state index contributed by atoms with van der Waals surface area (Å²) in [6.45, 7) is 11.0. The molecular weight excluding hydrogens is 524 g/mol. The van der Waals surface area contributed by atoms with Crippen LogP contribution < -0.4 is 10.6 Å². The lowest BCUT2D eigenvalue weighted by Gasteiger charge is -2.33. The Morgan fingerprint density at radius 2 is 2.00 bits per heavy atom. The molecule has 11 heteroatoms. The summed E-state index contributed by atoms with van der Waals surface area (Å²) in [5.41, 5.74) is -1.93. The minimum absolute atomic E-state index is 0. The number of piperidine rings is 1. The van der Waals surface area contributed by atoms with E-state index in [-0.39, 0.29) is 36.6 Å². The van der Waals surface area contributed by atoms with Gasteiger partial charge in [0.2, 0.25) is 5.60 Å². The number of imidazole rings is 1. The first-order chi connectivity index (χ1) is 14.1. The van der Waals surface area contributed by atoms with Crippen LogP contribution in [0.25, 0.3) is 0 Å². The quantitative estimate of drug-likeness (QED) is 0.198. The van der Waals surface area contributed by atoms with Crippen molar-refractivity contribution in [2.45, 2.75) is 50.9 Å². The number of aryl methyl sites for hydroxylation is 1. The minimum atomic E-state index is -4.86. The highest BCUT2D eigenvalue weighted by molar-refractivity contribution is 14.0. The number of aliphatic imine (C=N–C) groups is 1. The maximum absolute atomic E-state index is 13.6. The second kappa shape index (κ2) is 12.0. The van der Waals surface area contributed by atoms with E-state index in [0.29, 0.717) is 12.5 Å². The molecule has 2 rings (SSSR count). The van der Waals surface area contributed by atoms with Crippen LogP contribution in [-0.4, -0.2) is 70.5 Å². The molecule has 1 aliphatic heterocycles. The SMILES string of the molecule is C=C(C)CN1CCC(NC(=NCCC(O)(c2nccn2C)C(F)(F)F)NCC)CC1.I. The Hall–Kier alpha value is -1.34. The van der Waals surface area contributed by atoms with Crippen LogP contribution in [0, 0.1) is 0 Å². The van der Waals surface area contributed by atoms with Crippen molar-refractivity contribution in [3.63, 3.8) is 0 Å². The zero-order valence-corrected chi connectivity index (χ0v) is 20.7. The van der Waals surface area contributed by atoms with Gasteiger partial charge in [0.05, 0.1) is 0 Å². The minimum Gasteiger partial charge on any atom is -0.374 e. The molecule has 1 aromatic heterocycles. The summed E-state index contributed by atoms with van der Waals surface area (Å²) < 4.78 is 42.1. The Labute approximate surface area is 199 Å². The summed E-state index contributed by atoms with van der Waals surface area (Å²) in [6.07, 6.45) is -1.03. The van der Waals surface area contributed by atoms with E-state index < -0.39 is 24.0 Å². The van der Waals surface area contributed by atoms with E-state index in [9.17, 15) is 18.3 Å². The third-order valence-corrected chi connectivity index (χ3v) is 5.17. The van der Waals surface area contributed by atoms with Crippen LogP contribution in [0.3, 0.4) is 0 Å². The number of aliphatic hydroxyl groups is 1. The third-order valence-electron chi connectivity index (χ3n) is 5.17. The normalized spacial score (nSPS) is 18.2. The topological polar surface area (TPSA) is 77.7 Å². The Bertz CT molecular complexity index is 731. The summed E-state index contributed by atoms with van der Waals surface area (Å²) in [5.74, 6) is 0.0215. The lowest BCUT2D eigenvalue weighted by molar-refractivity contribution is -0.272. The molecule has 3 N–H and O–H groups in total. The number of nitrogens with zero attached hydrogens (tertiary/aromatic N) is 4. The van der Waals surface area contributed by atoms with Gasteiger partial charge in [0.1, 0.15) is 5.82 Å². The standard InChI is InChI=1S/C20H33F3N6O.HI/c1-5-24-18(27-16-6-11-29(12-7-16)14-15(2)3)26-9-8-19(30,20(21,22)23)17-25-10-13-28(17)4;/h10,13,16,30H,2,5-9,11-12,14H2,1,3-4H3,(H2,24,26,27);1H. The van der Waals surface area contributed by atoms with Gasteiger partial charge < -0.3 is 20.3 Å². The van der Waals surface area contributed by atoms with Gasteiger partial charge in [0.25, 0.3) is 0 Å². The second-order valence-corrected chi connectivity index (χ2v) is 7.88. The first-order valence-corrected chi connectivity index (χ1v) is 10.2. The first kappa shape index (κ1) is 27.7. The van der Waals surface area contributed by atoms with Crippen molar-refractivity contribution in [1.82, 2.24) is 25.1 Å². The van der Waals surface area contributed by atoms with Crippen LogP contribution in [0.1, 0.15) is 38.9 Å². The number of guanidine groups is 1. The summed E-state index contributed by atoms with van der Waals surface area (Å²) in [6, 6.07) is 0.195. The van der Waals surface area contributed by atoms with Crippen molar-refractivity contribution in [3.8, 4) is 0 Å². The van der Waals surface area contributed by atoms with Crippen LogP contribution in [0.15, 0.2) is 29.5 Å². The molecule has 0 radical (unpaired) electrons. The predicted molar refractivity (Wildman–Crippen MR) is 127 cm³/mol. The molecule has 0 bridgehead atoms. The van der Waals surface area contributed by atoms with E-state index in [4.69, 9.17) is 0 Å². The molecule has 1 aliphatic rings. The molecule has 0 saturated carbocycles. The molecule has 1 aromatic rings. The van der Waals surface area contributed by atoms with Gasteiger partial charge in [0.15, 0.2) is 5.96 Å². The van der Waals surface area contributed by atoms with E-state index in [2.05, 4.69) is 32.1 Å². The Balaban J connectivity index is 0.00000480. The number of aromatic nitrogens is 2. The van der Waals surface area contributed by atoms with Gasteiger partial charge in [-0.15, -0.1) is 24.0 Å². The maximum atomic E-state index is 13.6. The van der Waals surface area contributed by atoms with Gasteiger partial charge in [-0.1, -0.05) is 12.2 Å². The average molecular weight is 558 g/mol. The van der Waals surface area contributed by atoms with Gasteiger partial charge in [0, 0.05) is 64.6 Å². The molecule has 31 heavy (non-hydrogen) atoms. The molecular formula is C20H34F3IN6O. The third kappa shape index (κ3) is 7.63. The summed E-state index contributed by atoms with van der Waals surface area (Å²) in [5, 5.41) is 16.8. The fourth-order valence-corrected chi connectivity index (χ4v) is 3.60. The highest BCUT2D eigenvalue weighted by atomic mass is 127. The van der Waals surface area contributed by atoms with E-state index in [1.54, 1.807) is 0 Å². The van der Waals surface area contributed by atoms with Gasteiger partial charge in [-0.25, -0.2) is 4.98 Å². The molecule has 0 aromatic carbocycles. The molecule has 2 heterocycles. The zero-order valence-electron chi connectivity index (χ0n) is 18.4. The number of hydrogen-bond donors (Lipinski definition) is 3. The zero-order chi connectivity index (χ0) is 22.4. The van der Waals surface area contributed by atoms with Crippen LogP contribution >= 0.6 is 24.0 Å². The molecule has 178 valence electrons. The van der Waals surface area contributed by atoms with Gasteiger partial charge in [-0.05, 0) is 26.7 Å². The molecule has 1 atom stereocenters. The number of halogens is 4. The van der Waals surface area contributed by atoms with Crippen molar-refractivity contribution in [2.75, 3.05) is 32.7 Å². The second-order valence-electron chi connectivity index (χ2n) is 7.88. The average Bonchev–Trinajstić information content (AvgIpc) is 3.08.